The van der Waals surface area contributed by atoms with Gasteiger partial charge in [-0.2, -0.15) is 10.1 Å². The number of aliphatic hydroxyl groups is 1. The number of rotatable bonds is 4. The molecule has 0 radical (unpaired) electrons. The monoisotopic (exact) mass is 393 g/mol. The van der Waals surface area contributed by atoms with E-state index in [9.17, 15) is 5.11 Å². The Kier molecular flexibility index (Phi) is 4.13. The van der Waals surface area contributed by atoms with Crippen molar-refractivity contribution in [3.63, 3.8) is 0 Å². The lowest BCUT2D eigenvalue weighted by Crippen LogP contribution is -2.36. The molecule has 0 bridgehead atoms. The Bertz CT molecular complexity index is 1170. The lowest BCUT2D eigenvalue weighted by Gasteiger charge is -2.33. The van der Waals surface area contributed by atoms with Crippen molar-refractivity contribution in [2.24, 2.45) is 0 Å². The Balaban J connectivity index is 1.49. The molecule has 0 aliphatic heterocycles. The average molecular weight is 393 g/mol. The molecule has 29 heavy (non-hydrogen) atoms. The molecule has 4 aromatic heterocycles. The van der Waals surface area contributed by atoms with Gasteiger partial charge in [-0.3, -0.25) is 0 Å². The van der Waals surface area contributed by atoms with E-state index >= 15 is 0 Å². The second-order valence-electron chi connectivity index (χ2n) is 7.86. The molecule has 0 amide bonds. The van der Waals surface area contributed by atoms with Crippen LogP contribution in [0.4, 0.5) is 5.95 Å². The van der Waals surface area contributed by atoms with Crippen molar-refractivity contribution in [3.05, 3.63) is 36.9 Å². The second kappa shape index (κ2) is 6.70. The Labute approximate surface area is 167 Å². The van der Waals surface area contributed by atoms with Gasteiger partial charge in [-0.25, -0.2) is 14.0 Å². The largest absolute Gasteiger partial charge is 0.479 e. The fraction of sp³-hybridized carbons (Fsp3) is 0.400. The van der Waals surface area contributed by atoms with E-state index in [1.165, 1.54) is 6.33 Å². The molecular formula is C20H23N7O2. The van der Waals surface area contributed by atoms with Gasteiger partial charge in [0.15, 0.2) is 5.65 Å². The lowest BCUT2D eigenvalue weighted by molar-refractivity contribution is 0.0195. The maximum atomic E-state index is 10.2. The van der Waals surface area contributed by atoms with E-state index < -0.39 is 5.60 Å². The minimum Gasteiger partial charge on any atom is -0.479 e. The Morgan fingerprint density at radius 3 is 2.83 bits per heavy atom. The topological polar surface area (TPSA) is 102 Å². The molecule has 2 N–H and O–H groups in total. The number of nitrogens with one attached hydrogen (secondary N) is 1. The van der Waals surface area contributed by atoms with Crippen LogP contribution in [-0.4, -0.2) is 53.1 Å². The average Bonchev–Trinajstić information content (AvgIpc) is 3.35. The van der Waals surface area contributed by atoms with Gasteiger partial charge in [-0.1, -0.05) is 0 Å². The molecule has 5 rings (SSSR count). The molecule has 150 valence electrons. The van der Waals surface area contributed by atoms with Gasteiger partial charge in [0, 0.05) is 29.6 Å². The van der Waals surface area contributed by atoms with Crippen LogP contribution in [0.5, 0.6) is 5.88 Å². The van der Waals surface area contributed by atoms with Crippen molar-refractivity contribution < 1.29 is 9.84 Å². The molecule has 9 nitrogen and oxygen atoms in total. The maximum absolute atomic E-state index is 10.2. The normalized spacial score (nSPS) is 22.2. The molecule has 4 heterocycles. The number of aromatic nitrogens is 6. The van der Waals surface area contributed by atoms with Crippen LogP contribution in [-0.2, 0) is 0 Å². The molecule has 9 heteroatoms. The third-order valence-corrected chi connectivity index (χ3v) is 5.65. The van der Waals surface area contributed by atoms with Crippen LogP contribution in [0.3, 0.4) is 0 Å². The first-order chi connectivity index (χ1) is 14.0. The smallest absolute Gasteiger partial charge is 0.244 e. The summed E-state index contributed by atoms with van der Waals surface area (Å²) in [6, 6.07) is 6.15. The zero-order valence-electron chi connectivity index (χ0n) is 16.4. The van der Waals surface area contributed by atoms with Crippen LogP contribution in [0.25, 0.3) is 22.3 Å². The molecule has 1 fully saturated rings. The Hall–Kier alpha value is -3.20. The zero-order valence-corrected chi connectivity index (χ0v) is 16.4. The van der Waals surface area contributed by atoms with Crippen molar-refractivity contribution >= 4 is 17.1 Å². The van der Waals surface area contributed by atoms with Gasteiger partial charge in [-0.05, 0) is 50.8 Å². The molecule has 1 aliphatic rings. The van der Waals surface area contributed by atoms with Gasteiger partial charge < -0.3 is 15.2 Å². The van der Waals surface area contributed by atoms with Gasteiger partial charge in [0.1, 0.15) is 11.8 Å². The highest BCUT2D eigenvalue weighted by molar-refractivity contribution is 5.84. The van der Waals surface area contributed by atoms with Crippen molar-refractivity contribution in [2.75, 3.05) is 12.4 Å². The molecule has 0 unspecified atom stereocenters. The number of hydrogen-bond donors (Lipinski definition) is 2. The van der Waals surface area contributed by atoms with Crippen molar-refractivity contribution in [1.29, 1.82) is 0 Å². The molecular weight excluding hydrogens is 370 g/mol. The van der Waals surface area contributed by atoms with E-state index in [-0.39, 0.29) is 6.04 Å². The van der Waals surface area contributed by atoms with Crippen LogP contribution in [0.2, 0.25) is 0 Å². The summed E-state index contributed by atoms with van der Waals surface area (Å²) in [5.41, 5.74) is 2.95. The van der Waals surface area contributed by atoms with Gasteiger partial charge in [0.05, 0.1) is 12.7 Å². The summed E-state index contributed by atoms with van der Waals surface area (Å²) in [6.07, 6.45) is 8.65. The number of pyridine rings is 1. The highest BCUT2D eigenvalue weighted by Gasteiger charge is 2.29. The first kappa shape index (κ1) is 17.9. The van der Waals surface area contributed by atoms with E-state index in [1.807, 2.05) is 37.5 Å². The fourth-order valence-electron chi connectivity index (χ4n) is 3.97. The number of anilines is 1. The third kappa shape index (κ3) is 3.27. The highest BCUT2D eigenvalue weighted by Crippen LogP contribution is 2.33. The highest BCUT2D eigenvalue weighted by atomic mass is 16.5. The maximum Gasteiger partial charge on any atom is 0.244 e. The SMILES string of the molecule is COc1nc(NC2CCC(C)(O)CC2)nn2ccc(-c3ccc4ncnn4c3)c12. The molecule has 0 saturated heterocycles. The van der Waals surface area contributed by atoms with Crippen molar-refractivity contribution in [2.45, 2.75) is 44.2 Å². The molecule has 4 aromatic rings. The summed E-state index contributed by atoms with van der Waals surface area (Å²) < 4.78 is 9.12. The quantitative estimate of drug-likeness (QED) is 0.549. The third-order valence-electron chi connectivity index (χ3n) is 5.65. The van der Waals surface area contributed by atoms with Crippen LogP contribution >= 0.6 is 0 Å². The predicted octanol–water partition coefficient (Wildman–Crippen LogP) is 2.55. The van der Waals surface area contributed by atoms with E-state index in [4.69, 9.17) is 4.74 Å². The van der Waals surface area contributed by atoms with E-state index in [0.29, 0.717) is 11.8 Å². The van der Waals surface area contributed by atoms with Crippen LogP contribution in [0.15, 0.2) is 36.9 Å². The minimum atomic E-state index is -0.568. The first-order valence-corrected chi connectivity index (χ1v) is 9.74. The fourth-order valence-corrected chi connectivity index (χ4v) is 3.97. The Morgan fingerprint density at radius 2 is 2.03 bits per heavy atom. The Morgan fingerprint density at radius 1 is 1.21 bits per heavy atom. The number of methoxy groups -OCH3 is 1. The number of ether oxygens (including phenoxy) is 1. The summed E-state index contributed by atoms with van der Waals surface area (Å²) >= 11 is 0. The molecule has 1 saturated carbocycles. The second-order valence-corrected chi connectivity index (χ2v) is 7.86. The van der Waals surface area contributed by atoms with E-state index in [2.05, 4.69) is 25.5 Å². The molecule has 0 aromatic carbocycles. The standard InChI is InChI=1S/C20H23N7O2/c1-20(28)8-5-14(6-9-20)23-19-24-18(29-2)17-15(7-10-26(17)25-19)13-3-4-16-21-12-22-27(16)11-13/h3-4,7,10-12,14,28H,5-6,8-9H2,1-2H3,(H,23,25). The van der Waals surface area contributed by atoms with Gasteiger partial charge in [0.2, 0.25) is 11.8 Å². The molecule has 0 atom stereocenters. The van der Waals surface area contributed by atoms with Gasteiger partial charge in [0.25, 0.3) is 0 Å². The summed E-state index contributed by atoms with van der Waals surface area (Å²) in [7, 11) is 1.61. The van der Waals surface area contributed by atoms with Crippen LogP contribution in [0, 0.1) is 0 Å². The van der Waals surface area contributed by atoms with Crippen LogP contribution < -0.4 is 10.1 Å². The molecule has 0 spiro atoms. The number of nitrogens with zero attached hydrogens (tertiary/aromatic N) is 6. The summed E-state index contributed by atoms with van der Waals surface area (Å²) in [5, 5.41) is 22.4. The van der Waals surface area contributed by atoms with Crippen molar-refractivity contribution in [1.82, 2.24) is 29.2 Å². The summed E-state index contributed by atoms with van der Waals surface area (Å²) in [5.74, 6) is 1.03. The van der Waals surface area contributed by atoms with Gasteiger partial charge >= 0.3 is 0 Å². The van der Waals surface area contributed by atoms with E-state index in [0.717, 1.165) is 48.0 Å². The number of fused-ring (bicyclic) bond motifs is 2. The predicted molar refractivity (Wildman–Crippen MR) is 108 cm³/mol. The summed E-state index contributed by atoms with van der Waals surface area (Å²) in [4.78, 5) is 8.78. The number of hydrogen-bond acceptors (Lipinski definition) is 7. The summed E-state index contributed by atoms with van der Waals surface area (Å²) in [6.45, 7) is 1.90. The lowest BCUT2D eigenvalue weighted by atomic mass is 9.84. The first-order valence-electron chi connectivity index (χ1n) is 9.74. The van der Waals surface area contributed by atoms with E-state index in [1.54, 1.807) is 16.1 Å². The molecule has 1 aliphatic carbocycles. The van der Waals surface area contributed by atoms with Crippen molar-refractivity contribution in [3.8, 4) is 17.0 Å². The van der Waals surface area contributed by atoms with Gasteiger partial charge in [-0.15, -0.1) is 5.10 Å². The minimum absolute atomic E-state index is 0.238. The zero-order chi connectivity index (χ0) is 20.0. The van der Waals surface area contributed by atoms with Crippen LogP contribution in [0.1, 0.15) is 32.6 Å².